The van der Waals surface area contributed by atoms with Crippen molar-refractivity contribution < 1.29 is 4.79 Å². The van der Waals surface area contributed by atoms with Crippen LogP contribution >= 0.6 is 35.4 Å². The van der Waals surface area contributed by atoms with E-state index >= 15 is 0 Å². The van der Waals surface area contributed by atoms with Crippen LogP contribution < -0.4 is 5.73 Å². The Morgan fingerprint density at radius 2 is 1.79 bits per heavy atom. The molecule has 3 nitrogen and oxygen atoms in total. The van der Waals surface area contributed by atoms with Gasteiger partial charge >= 0.3 is 0 Å². The van der Waals surface area contributed by atoms with E-state index in [1.807, 2.05) is 0 Å². The summed E-state index contributed by atoms with van der Waals surface area (Å²) in [5, 5.41) is 0.767. The minimum Gasteiger partial charge on any atom is -0.393 e. The molecule has 19 heavy (non-hydrogen) atoms. The van der Waals surface area contributed by atoms with Gasteiger partial charge in [0.05, 0.1) is 20.6 Å². The maximum absolute atomic E-state index is 12.4. The smallest absolute Gasteiger partial charge is 0.256 e. The first-order valence-corrected chi connectivity index (χ1v) is 7.19. The largest absolute Gasteiger partial charge is 0.393 e. The molecule has 1 heterocycles. The predicted molar refractivity (Wildman–Crippen MR) is 81.9 cm³/mol. The van der Waals surface area contributed by atoms with E-state index in [9.17, 15) is 4.79 Å². The SMILES string of the molecule is NC(=S)C1CCN(C(=O)c2c(Cl)cccc2Cl)CC1. The van der Waals surface area contributed by atoms with Gasteiger partial charge in [0.25, 0.3) is 5.91 Å². The highest BCUT2D eigenvalue weighted by Crippen LogP contribution is 2.27. The van der Waals surface area contributed by atoms with E-state index in [2.05, 4.69) is 0 Å². The Kier molecular flexibility index (Phi) is 4.66. The molecule has 1 amide bonds. The van der Waals surface area contributed by atoms with Gasteiger partial charge in [-0.1, -0.05) is 41.5 Å². The van der Waals surface area contributed by atoms with Crippen molar-refractivity contribution in [2.24, 2.45) is 11.7 Å². The lowest BCUT2D eigenvalue weighted by Gasteiger charge is -2.31. The number of benzene rings is 1. The number of amides is 1. The molecule has 1 fully saturated rings. The molecule has 0 atom stereocenters. The number of likely N-dealkylation sites (tertiary alicyclic amines) is 1. The molecule has 1 saturated heterocycles. The van der Waals surface area contributed by atoms with Crippen molar-refractivity contribution in [1.29, 1.82) is 0 Å². The van der Waals surface area contributed by atoms with Gasteiger partial charge in [-0.2, -0.15) is 0 Å². The van der Waals surface area contributed by atoms with E-state index in [-0.39, 0.29) is 11.8 Å². The minimum atomic E-state index is -0.128. The number of piperidine rings is 1. The number of nitrogens with zero attached hydrogens (tertiary/aromatic N) is 1. The molecule has 0 unspecified atom stereocenters. The predicted octanol–water partition coefficient (Wildman–Crippen LogP) is 3.13. The second-order valence-electron chi connectivity index (χ2n) is 4.57. The van der Waals surface area contributed by atoms with Crippen LogP contribution in [0.5, 0.6) is 0 Å². The highest BCUT2D eigenvalue weighted by molar-refractivity contribution is 7.80. The normalized spacial score (nSPS) is 16.4. The number of carbonyl (C=O) groups is 1. The highest BCUT2D eigenvalue weighted by atomic mass is 35.5. The number of thiocarbonyl (C=S) groups is 1. The molecule has 2 rings (SSSR count). The summed E-state index contributed by atoms with van der Waals surface area (Å²) >= 11 is 17.1. The lowest BCUT2D eigenvalue weighted by molar-refractivity contribution is 0.0711. The van der Waals surface area contributed by atoms with Crippen molar-refractivity contribution in [3.05, 3.63) is 33.8 Å². The fourth-order valence-corrected chi connectivity index (χ4v) is 3.02. The Balaban J connectivity index is 2.12. The Morgan fingerprint density at radius 1 is 1.26 bits per heavy atom. The molecule has 1 aliphatic rings. The summed E-state index contributed by atoms with van der Waals surface area (Å²) in [6, 6.07) is 5.06. The van der Waals surface area contributed by atoms with Crippen molar-refractivity contribution in [3.63, 3.8) is 0 Å². The van der Waals surface area contributed by atoms with E-state index in [1.165, 1.54) is 0 Å². The molecule has 0 spiro atoms. The molecule has 0 bridgehead atoms. The molecule has 0 radical (unpaired) electrons. The molecule has 0 saturated carbocycles. The number of hydrogen-bond acceptors (Lipinski definition) is 2. The van der Waals surface area contributed by atoms with Crippen LogP contribution in [0, 0.1) is 5.92 Å². The number of halogens is 2. The molecule has 1 aromatic rings. The van der Waals surface area contributed by atoms with E-state index in [4.69, 9.17) is 41.2 Å². The van der Waals surface area contributed by atoms with Crippen molar-refractivity contribution in [1.82, 2.24) is 4.90 Å². The van der Waals surface area contributed by atoms with Gasteiger partial charge in [0.1, 0.15) is 0 Å². The first kappa shape index (κ1) is 14.6. The molecular formula is C13H14Cl2N2OS. The Labute approximate surface area is 127 Å². The molecule has 1 aliphatic heterocycles. The van der Waals surface area contributed by atoms with Crippen LogP contribution in [0.4, 0.5) is 0 Å². The van der Waals surface area contributed by atoms with Crippen LogP contribution in [-0.2, 0) is 0 Å². The van der Waals surface area contributed by atoms with Crippen molar-refractivity contribution in [2.75, 3.05) is 13.1 Å². The summed E-state index contributed by atoms with van der Waals surface area (Å²) in [4.78, 5) is 14.7. The molecule has 6 heteroatoms. The van der Waals surface area contributed by atoms with E-state index in [0.717, 1.165) is 12.8 Å². The Morgan fingerprint density at radius 3 is 2.26 bits per heavy atom. The second-order valence-corrected chi connectivity index (χ2v) is 5.85. The summed E-state index contributed by atoms with van der Waals surface area (Å²) in [6.45, 7) is 1.25. The average Bonchev–Trinajstić information content (AvgIpc) is 2.38. The maximum atomic E-state index is 12.4. The van der Waals surface area contributed by atoms with Crippen LogP contribution in [0.2, 0.25) is 10.0 Å². The van der Waals surface area contributed by atoms with Crippen molar-refractivity contribution in [2.45, 2.75) is 12.8 Å². The monoisotopic (exact) mass is 316 g/mol. The van der Waals surface area contributed by atoms with E-state index in [1.54, 1.807) is 23.1 Å². The number of nitrogens with two attached hydrogens (primary N) is 1. The topological polar surface area (TPSA) is 46.3 Å². The molecular weight excluding hydrogens is 303 g/mol. The summed E-state index contributed by atoms with van der Waals surface area (Å²) in [7, 11) is 0. The first-order chi connectivity index (χ1) is 9.00. The second kappa shape index (κ2) is 6.07. The standard InChI is InChI=1S/C13H14Cl2N2OS/c14-9-2-1-3-10(15)11(9)13(18)17-6-4-8(5-7-17)12(16)19/h1-3,8H,4-7H2,(H2,16,19). The van der Waals surface area contributed by atoms with Crippen LogP contribution in [0.15, 0.2) is 18.2 Å². The van der Waals surface area contributed by atoms with Gasteiger partial charge in [-0.05, 0) is 25.0 Å². The summed E-state index contributed by atoms with van der Waals surface area (Å²) < 4.78 is 0. The number of rotatable bonds is 2. The first-order valence-electron chi connectivity index (χ1n) is 6.03. The molecule has 102 valence electrons. The van der Waals surface area contributed by atoms with Gasteiger partial charge < -0.3 is 10.6 Å². The third kappa shape index (κ3) is 3.19. The zero-order valence-electron chi connectivity index (χ0n) is 10.2. The van der Waals surface area contributed by atoms with Gasteiger partial charge in [-0.3, -0.25) is 4.79 Å². The van der Waals surface area contributed by atoms with Gasteiger partial charge in [0.2, 0.25) is 0 Å². The zero-order valence-corrected chi connectivity index (χ0v) is 12.6. The third-order valence-electron chi connectivity index (χ3n) is 3.36. The van der Waals surface area contributed by atoms with Crippen LogP contribution in [0.3, 0.4) is 0 Å². The Bertz CT molecular complexity index is 493. The van der Waals surface area contributed by atoms with E-state index in [0.29, 0.717) is 33.7 Å². The van der Waals surface area contributed by atoms with Crippen molar-refractivity contribution >= 4 is 46.3 Å². The van der Waals surface area contributed by atoms with Gasteiger partial charge in [-0.25, -0.2) is 0 Å². The summed E-state index contributed by atoms with van der Waals surface area (Å²) in [5.41, 5.74) is 6.01. The Hall–Kier alpha value is -0.840. The zero-order chi connectivity index (χ0) is 14.0. The fraction of sp³-hybridized carbons (Fsp3) is 0.385. The van der Waals surface area contributed by atoms with Crippen molar-refractivity contribution in [3.8, 4) is 0 Å². The maximum Gasteiger partial charge on any atom is 0.256 e. The van der Waals surface area contributed by atoms with Gasteiger partial charge in [0.15, 0.2) is 0 Å². The molecule has 2 N–H and O–H groups in total. The lowest BCUT2D eigenvalue weighted by atomic mass is 9.96. The third-order valence-corrected chi connectivity index (χ3v) is 4.32. The molecule has 0 aliphatic carbocycles. The molecule has 0 aromatic heterocycles. The summed E-state index contributed by atoms with van der Waals surface area (Å²) in [5.74, 6) is 0.0951. The fourth-order valence-electron chi connectivity index (χ4n) is 2.23. The summed E-state index contributed by atoms with van der Waals surface area (Å²) in [6.07, 6.45) is 1.59. The quantitative estimate of drug-likeness (QED) is 0.853. The number of carbonyl (C=O) groups excluding carboxylic acids is 1. The minimum absolute atomic E-state index is 0.128. The van der Waals surface area contributed by atoms with E-state index < -0.39 is 0 Å². The molecule has 1 aromatic carbocycles. The van der Waals surface area contributed by atoms with Gasteiger partial charge in [-0.15, -0.1) is 0 Å². The van der Waals surface area contributed by atoms with Crippen LogP contribution in [0.1, 0.15) is 23.2 Å². The average molecular weight is 317 g/mol. The highest BCUT2D eigenvalue weighted by Gasteiger charge is 2.27. The lowest BCUT2D eigenvalue weighted by Crippen LogP contribution is -2.41. The van der Waals surface area contributed by atoms with Crippen LogP contribution in [-0.4, -0.2) is 28.9 Å². The van der Waals surface area contributed by atoms with Gasteiger partial charge in [0, 0.05) is 19.0 Å². The van der Waals surface area contributed by atoms with Crippen LogP contribution in [0.25, 0.3) is 0 Å². The number of hydrogen-bond donors (Lipinski definition) is 1.